The average molecular weight is 286 g/mol. The number of likely N-dealkylation sites (N-methyl/N-ethyl adjacent to an activating group) is 1. The van der Waals surface area contributed by atoms with E-state index in [0.717, 1.165) is 25.1 Å². The molecule has 0 spiro atoms. The van der Waals surface area contributed by atoms with Crippen LogP contribution < -0.4 is 5.32 Å². The molecule has 0 saturated heterocycles. The molecule has 2 aromatic rings. The van der Waals surface area contributed by atoms with Gasteiger partial charge in [0.2, 0.25) is 5.91 Å². The average Bonchev–Trinajstić information content (AvgIpc) is 3.12. The van der Waals surface area contributed by atoms with E-state index in [2.05, 4.69) is 28.9 Å². The number of nitrogens with one attached hydrogen (secondary N) is 1. The molecule has 0 saturated carbocycles. The van der Waals surface area contributed by atoms with Gasteiger partial charge >= 0.3 is 0 Å². The number of anilines is 1. The van der Waals surface area contributed by atoms with Crippen LogP contribution >= 0.6 is 11.3 Å². The predicted octanol–water partition coefficient (Wildman–Crippen LogP) is 2.79. The number of para-hydroxylation sites is 1. The molecule has 0 bridgehead atoms. The summed E-state index contributed by atoms with van der Waals surface area (Å²) in [5.41, 5.74) is 2.33. The number of carbonyl (C=O) groups is 1. The van der Waals surface area contributed by atoms with Crippen LogP contribution in [-0.4, -0.2) is 30.4 Å². The van der Waals surface area contributed by atoms with E-state index < -0.39 is 0 Å². The van der Waals surface area contributed by atoms with Crippen molar-refractivity contribution in [2.24, 2.45) is 0 Å². The molecule has 1 N–H and O–H groups in total. The molecule has 3 nitrogen and oxygen atoms in total. The van der Waals surface area contributed by atoms with Gasteiger partial charge in [0.15, 0.2) is 0 Å². The topological polar surface area (TPSA) is 32.3 Å². The van der Waals surface area contributed by atoms with E-state index in [-0.39, 0.29) is 11.9 Å². The molecular weight excluding hydrogens is 268 g/mol. The molecular formula is C16H18N2OS. The van der Waals surface area contributed by atoms with Gasteiger partial charge < -0.3 is 10.2 Å². The fourth-order valence-electron chi connectivity index (χ4n) is 2.56. The number of fused-ring (bicyclic) bond motifs is 1. The monoisotopic (exact) mass is 286 g/mol. The smallest absolute Gasteiger partial charge is 0.245 e. The Morgan fingerprint density at radius 3 is 2.95 bits per heavy atom. The van der Waals surface area contributed by atoms with Crippen molar-refractivity contribution >= 4 is 22.9 Å². The van der Waals surface area contributed by atoms with Crippen LogP contribution in [0.3, 0.4) is 0 Å². The Labute approximate surface area is 123 Å². The first-order chi connectivity index (χ1) is 9.74. The highest BCUT2D eigenvalue weighted by molar-refractivity contribution is 7.09. The summed E-state index contributed by atoms with van der Waals surface area (Å²) in [6.45, 7) is 0.772. The molecule has 0 fully saturated rings. The molecule has 3 rings (SSSR count). The van der Waals surface area contributed by atoms with Crippen molar-refractivity contribution in [3.05, 3.63) is 52.2 Å². The first-order valence-corrected chi connectivity index (χ1v) is 7.74. The highest BCUT2D eigenvalue weighted by Gasteiger charge is 2.28. The maximum Gasteiger partial charge on any atom is 0.245 e. The highest BCUT2D eigenvalue weighted by Crippen LogP contribution is 2.25. The minimum Gasteiger partial charge on any atom is -0.373 e. The van der Waals surface area contributed by atoms with Gasteiger partial charge in [0.25, 0.3) is 0 Å². The van der Waals surface area contributed by atoms with Crippen LogP contribution in [0.1, 0.15) is 10.4 Å². The lowest BCUT2D eigenvalue weighted by molar-refractivity contribution is -0.130. The Kier molecular flexibility index (Phi) is 3.74. The summed E-state index contributed by atoms with van der Waals surface area (Å²) in [6, 6.07) is 12.2. The van der Waals surface area contributed by atoms with Gasteiger partial charge in [-0.1, -0.05) is 24.3 Å². The second kappa shape index (κ2) is 5.67. The first-order valence-electron chi connectivity index (χ1n) is 6.86. The fourth-order valence-corrected chi connectivity index (χ4v) is 3.25. The Morgan fingerprint density at radius 1 is 1.35 bits per heavy atom. The maximum absolute atomic E-state index is 12.4. The second-order valence-electron chi connectivity index (χ2n) is 5.15. The zero-order valence-electron chi connectivity index (χ0n) is 11.5. The number of thiophene rings is 1. The molecule has 0 radical (unpaired) electrons. The summed E-state index contributed by atoms with van der Waals surface area (Å²) in [5.74, 6) is 0.178. The molecule has 0 unspecified atom stereocenters. The number of rotatable bonds is 4. The molecule has 20 heavy (non-hydrogen) atoms. The SMILES string of the molecule is CN(CCc1cccs1)C(=O)[C@@H]1Cc2ccccc2N1. The lowest BCUT2D eigenvalue weighted by Crippen LogP contribution is -2.40. The van der Waals surface area contributed by atoms with Crippen molar-refractivity contribution in [3.63, 3.8) is 0 Å². The Bertz CT molecular complexity index is 569. The highest BCUT2D eigenvalue weighted by atomic mass is 32.1. The third kappa shape index (κ3) is 2.70. The van der Waals surface area contributed by atoms with Gasteiger partial charge in [-0.15, -0.1) is 11.3 Å². The molecule has 0 aliphatic carbocycles. The van der Waals surface area contributed by atoms with Crippen molar-refractivity contribution in [3.8, 4) is 0 Å². The number of hydrogen-bond acceptors (Lipinski definition) is 3. The van der Waals surface area contributed by atoms with Crippen molar-refractivity contribution < 1.29 is 4.79 Å². The first kappa shape index (κ1) is 13.2. The molecule has 1 amide bonds. The molecule has 1 aromatic heterocycles. The summed E-state index contributed by atoms with van der Waals surface area (Å²) in [4.78, 5) is 15.6. The quantitative estimate of drug-likeness (QED) is 0.937. The summed E-state index contributed by atoms with van der Waals surface area (Å²) < 4.78 is 0. The summed E-state index contributed by atoms with van der Waals surface area (Å²) in [7, 11) is 1.89. The third-order valence-electron chi connectivity index (χ3n) is 3.72. The molecule has 1 aliphatic rings. The zero-order valence-corrected chi connectivity index (χ0v) is 12.3. The predicted molar refractivity (Wildman–Crippen MR) is 83.2 cm³/mol. The van der Waals surface area contributed by atoms with Crippen molar-refractivity contribution in [1.82, 2.24) is 4.90 Å². The Balaban J connectivity index is 1.57. The van der Waals surface area contributed by atoms with Gasteiger partial charge in [-0.3, -0.25) is 4.79 Å². The van der Waals surface area contributed by atoms with Crippen LogP contribution in [0.15, 0.2) is 41.8 Å². The zero-order chi connectivity index (χ0) is 13.9. The minimum atomic E-state index is -0.110. The minimum absolute atomic E-state index is 0.110. The van der Waals surface area contributed by atoms with E-state index in [1.165, 1.54) is 10.4 Å². The lowest BCUT2D eigenvalue weighted by atomic mass is 10.1. The van der Waals surface area contributed by atoms with Crippen LogP contribution in [0.25, 0.3) is 0 Å². The summed E-state index contributed by atoms with van der Waals surface area (Å²) >= 11 is 1.75. The number of nitrogens with zero attached hydrogens (tertiary/aromatic N) is 1. The van der Waals surface area contributed by atoms with E-state index in [9.17, 15) is 4.79 Å². The molecule has 1 atom stereocenters. The van der Waals surface area contributed by atoms with Gasteiger partial charge in [-0.25, -0.2) is 0 Å². The number of benzene rings is 1. The van der Waals surface area contributed by atoms with Crippen LogP contribution in [0, 0.1) is 0 Å². The summed E-state index contributed by atoms with van der Waals surface area (Å²) in [6.07, 6.45) is 1.72. The molecule has 1 aromatic carbocycles. The van der Waals surface area contributed by atoms with E-state index in [1.54, 1.807) is 11.3 Å². The molecule has 2 heterocycles. The van der Waals surface area contributed by atoms with Gasteiger partial charge in [0.1, 0.15) is 6.04 Å². The second-order valence-corrected chi connectivity index (χ2v) is 6.18. The van der Waals surface area contributed by atoms with Crippen LogP contribution in [0.4, 0.5) is 5.69 Å². The number of hydrogen-bond donors (Lipinski definition) is 1. The Hall–Kier alpha value is -1.81. The van der Waals surface area contributed by atoms with Gasteiger partial charge in [-0.2, -0.15) is 0 Å². The van der Waals surface area contributed by atoms with E-state index in [1.807, 2.05) is 30.1 Å². The summed E-state index contributed by atoms with van der Waals surface area (Å²) in [5, 5.41) is 5.40. The van der Waals surface area contributed by atoms with Gasteiger partial charge in [0.05, 0.1) is 0 Å². The van der Waals surface area contributed by atoms with Crippen LogP contribution in [0.2, 0.25) is 0 Å². The molecule has 1 aliphatic heterocycles. The number of amides is 1. The van der Waals surface area contributed by atoms with Gasteiger partial charge in [0, 0.05) is 30.6 Å². The fraction of sp³-hybridized carbons (Fsp3) is 0.312. The van der Waals surface area contributed by atoms with Gasteiger partial charge in [-0.05, 0) is 29.5 Å². The maximum atomic E-state index is 12.4. The van der Waals surface area contributed by atoms with Crippen molar-refractivity contribution in [2.45, 2.75) is 18.9 Å². The largest absolute Gasteiger partial charge is 0.373 e. The van der Waals surface area contributed by atoms with Crippen LogP contribution in [-0.2, 0) is 17.6 Å². The van der Waals surface area contributed by atoms with E-state index in [4.69, 9.17) is 0 Å². The van der Waals surface area contributed by atoms with Crippen LogP contribution in [0.5, 0.6) is 0 Å². The molecule has 4 heteroatoms. The van der Waals surface area contributed by atoms with E-state index in [0.29, 0.717) is 0 Å². The lowest BCUT2D eigenvalue weighted by Gasteiger charge is -2.21. The van der Waals surface area contributed by atoms with Crippen molar-refractivity contribution in [1.29, 1.82) is 0 Å². The molecule has 104 valence electrons. The number of carbonyl (C=O) groups excluding carboxylic acids is 1. The Morgan fingerprint density at radius 2 is 2.20 bits per heavy atom. The standard InChI is InChI=1S/C16H18N2OS/c1-18(9-8-13-6-4-10-20-13)16(19)15-11-12-5-2-3-7-14(12)17-15/h2-7,10,15,17H,8-9,11H2,1H3/t15-/m0/s1. The van der Waals surface area contributed by atoms with E-state index >= 15 is 0 Å². The normalized spacial score (nSPS) is 16.6. The van der Waals surface area contributed by atoms with Crippen molar-refractivity contribution in [2.75, 3.05) is 18.9 Å². The third-order valence-corrected chi connectivity index (χ3v) is 4.66.